The van der Waals surface area contributed by atoms with Gasteiger partial charge in [-0.1, -0.05) is 36.4 Å². The molecule has 0 fully saturated rings. The van der Waals surface area contributed by atoms with Gasteiger partial charge in [0, 0.05) is 22.6 Å². The zero-order valence-corrected chi connectivity index (χ0v) is 23.3. The highest BCUT2D eigenvalue weighted by molar-refractivity contribution is 7.90. The SMILES string of the molecule is COc1cc2c(cc1NC(=O)c1ccccc1)c(C)c(-c1ccc(OC)c(OC)c1)n2S(=O)(=O)c1ccccc1. The molecule has 0 saturated carbocycles. The number of aromatic nitrogens is 1. The first kappa shape index (κ1) is 26.8. The molecule has 0 aliphatic heterocycles. The number of ether oxygens (including phenoxy) is 3. The van der Waals surface area contributed by atoms with Crippen LogP contribution in [0.1, 0.15) is 15.9 Å². The standard InChI is InChI=1S/C31H28N2O6S/c1-20-24-18-25(32-31(34)21-11-7-5-8-12-21)28(38-3)19-26(24)33(40(35,36)23-13-9-6-10-14-23)30(20)22-15-16-27(37-2)29(17-22)39-4/h5-19H,1-4H3,(H,32,34). The van der Waals surface area contributed by atoms with Gasteiger partial charge in [0.05, 0.1) is 43.1 Å². The lowest BCUT2D eigenvalue weighted by atomic mass is 10.1. The van der Waals surface area contributed by atoms with Crippen molar-refractivity contribution in [2.24, 2.45) is 0 Å². The molecule has 8 nitrogen and oxygen atoms in total. The number of fused-ring (bicyclic) bond motifs is 1. The quantitative estimate of drug-likeness (QED) is 0.247. The van der Waals surface area contributed by atoms with E-state index in [0.29, 0.717) is 56.2 Å². The number of amides is 1. The molecule has 0 bridgehead atoms. The molecule has 5 rings (SSSR count). The Balaban J connectivity index is 1.79. The predicted octanol–water partition coefficient (Wildman–Crippen LogP) is 6.13. The zero-order valence-electron chi connectivity index (χ0n) is 22.5. The van der Waals surface area contributed by atoms with E-state index in [2.05, 4.69) is 5.32 Å². The Labute approximate surface area is 232 Å². The molecule has 4 aromatic carbocycles. The fourth-order valence-corrected chi connectivity index (χ4v) is 6.36. The second-order valence-corrected chi connectivity index (χ2v) is 10.8. The van der Waals surface area contributed by atoms with Crippen molar-refractivity contribution in [2.45, 2.75) is 11.8 Å². The van der Waals surface area contributed by atoms with Crippen LogP contribution in [0.4, 0.5) is 5.69 Å². The normalized spacial score (nSPS) is 11.3. The number of carbonyl (C=O) groups excluding carboxylic acids is 1. The maximum atomic E-state index is 14.2. The second-order valence-electron chi connectivity index (χ2n) is 9.02. The van der Waals surface area contributed by atoms with E-state index in [0.717, 1.165) is 0 Å². The van der Waals surface area contributed by atoms with Gasteiger partial charge in [-0.15, -0.1) is 0 Å². The van der Waals surface area contributed by atoms with Crippen LogP contribution in [0.2, 0.25) is 0 Å². The van der Waals surface area contributed by atoms with Crippen molar-refractivity contribution in [1.29, 1.82) is 0 Å². The van der Waals surface area contributed by atoms with E-state index < -0.39 is 10.0 Å². The Bertz CT molecular complexity index is 1810. The van der Waals surface area contributed by atoms with Gasteiger partial charge in [-0.3, -0.25) is 4.79 Å². The number of nitrogens with one attached hydrogen (secondary N) is 1. The Morgan fingerprint density at radius 1 is 0.750 bits per heavy atom. The Hall–Kier alpha value is -4.76. The molecule has 0 saturated heterocycles. The molecule has 204 valence electrons. The molecule has 0 spiro atoms. The van der Waals surface area contributed by atoms with E-state index in [1.807, 2.05) is 13.0 Å². The molecular formula is C31H28N2O6S. The number of hydrogen-bond acceptors (Lipinski definition) is 6. The van der Waals surface area contributed by atoms with Gasteiger partial charge in [-0.2, -0.15) is 0 Å². The Kier molecular flexibility index (Phi) is 7.23. The first-order valence-electron chi connectivity index (χ1n) is 12.4. The lowest BCUT2D eigenvalue weighted by Gasteiger charge is -2.15. The summed E-state index contributed by atoms with van der Waals surface area (Å²) in [7, 11) is 0.476. The van der Waals surface area contributed by atoms with Crippen LogP contribution in [0.15, 0.2) is 95.9 Å². The number of hydrogen-bond donors (Lipinski definition) is 1. The minimum absolute atomic E-state index is 0.133. The van der Waals surface area contributed by atoms with E-state index in [9.17, 15) is 13.2 Å². The summed E-state index contributed by atoms with van der Waals surface area (Å²) in [6.07, 6.45) is 0. The smallest absolute Gasteiger partial charge is 0.268 e. The van der Waals surface area contributed by atoms with E-state index in [4.69, 9.17) is 14.2 Å². The third kappa shape index (κ3) is 4.65. The van der Waals surface area contributed by atoms with E-state index >= 15 is 0 Å². The minimum atomic E-state index is -4.06. The fourth-order valence-electron chi connectivity index (χ4n) is 4.75. The fraction of sp³-hybridized carbons (Fsp3) is 0.129. The highest BCUT2D eigenvalue weighted by Gasteiger charge is 2.28. The molecule has 0 unspecified atom stereocenters. The summed E-state index contributed by atoms with van der Waals surface area (Å²) in [6.45, 7) is 1.85. The van der Waals surface area contributed by atoms with Gasteiger partial charge in [-0.25, -0.2) is 12.4 Å². The van der Waals surface area contributed by atoms with Crippen LogP contribution in [0.25, 0.3) is 22.2 Å². The lowest BCUT2D eigenvalue weighted by Crippen LogP contribution is -2.15. The van der Waals surface area contributed by atoms with Gasteiger partial charge < -0.3 is 19.5 Å². The largest absolute Gasteiger partial charge is 0.494 e. The molecule has 5 aromatic rings. The van der Waals surface area contributed by atoms with Crippen LogP contribution in [0.5, 0.6) is 17.2 Å². The molecular weight excluding hydrogens is 528 g/mol. The van der Waals surface area contributed by atoms with Crippen molar-refractivity contribution in [3.8, 4) is 28.5 Å². The third-order valence-corrected chi connectivity index (χ3v) is 8.45. The van der Waals surface area contributed by atoms with Gasteiger partial charge in [0.15, 0.2) is 11.5 Å². The molecule has 0 atom stereocenters. The summed E-state index contributed by atoms with van der Waals surface area (Å²) in [6, 6.07) is 25.7. The topological polar surface area (TPSA) is 95.9 Å². The zero-order chi connectivity index (χ0) is 28.4. The third-order valence-electron chi connectivity index (χ3n) is 6.72. The molecule has 1 heterocycles. The van der Waals surface area contributed by atoms with E-state index in [1.165, 1.54) is 25.3 Å². The average Bonchev–Trinajstić information content (AvgIpc) is 3.28. The summed E-state index contributed by atoms with van der Waals surface area (Å²) < 4.78 is 46.2. The number of anilines is 1. The highest BCUT2D eigenvalue weighted by atomic mass is 32.2. The molecule has 9 heteroatoms. The van der Waals surface area contributed by atoms with Crippen LogP contribution in [0, 0.1) is 6.92 Å². The maximum Gasteiger partial charge on any atom is 0.268 e. The second kappa shape index (κ2) is 10.8. The summed E-state index contributed by atoms with van der Waals surface area (Å²) in [5.74, 6) is 0.983. The maximum absolute atomic E-state index is 14.2. The number of carbonyl (C=O) groups is 1. The predicted molar refractivity (Wildman–Crippen MR) is 155 cm³/mol. The summed E-state index contributed by atoms with van der Waals surface area (Å²) in [5, 5.41) is 3.54. The van der Waals surface area contributed by atoms with Crippen LogP contribution in [-0.4, -0.2) is 39.6 Å². The van der Waals surface area contributed by atoms with Gasteiger partial charge in [-0.05, 0) is 61.0 Å². The van der Waals surface area contributed by atoms with Crippen LogP contribution >= 0.6 is 0 Å². The summed E-state index contributed by atoms with van der Waals surface area (Å²) >= 11 is 0. The lowest BCUT2D eigenvalue weighted by molar-refractivity contribution is 0.102. The van der Waals surface area contributed by atoms with E-state index in [1.54, 1.807) is 84.9 Å². The van der Waals surface area contributed by atoms with Crippen molar-refractivity contribution in [3.63, 3.8) is 0 Å². The Morgan fingerprint density at radius 2 is 1.38 bits per heavy atom. The minimum Gasteiger partial charge on any atom is -0.494 e. The molecule has 0 aliphatic carbocycles. The van der Waals surface area contributed by atoms with Gasteiger partial charge in [0.25, 0.3) is 15.9 Å². The number of methoxy groups -OCH3 is 3. The summed E-state index contributed by atoms with van der Waals surface area (Å²) in [5.41, 5.74) is 3.06. The Morgan fingerprint density at radius 3 is 2.00 bits per heavy atom. The number of nitrogens with zero attached hydrogens (tertiary/aromatic N) is 1. The van der Waals surface area contributed by atoms with Crippen molar-refractivity contribution in [3.05, 3.63) is 102 Å². The number of benzene rings is 4. The van der Waals surface area contributed by atoms with Crippen LogP contribution in [0.3, 0.4) is 0 Å². The van der Waals surface area contributed by atoms with Crippen molar-refractivity contribution in [1.82, 2.24) is 3.97 Å². The molecule has 40 heavy (non-hydrogen) atoms. The number of rotatable bonds is 8. The number of aryl methyl sites for hydroxylation is 1. The van der Waals surface area contributed by atoms with Crippen molar-refractivity contribution < 1.29 is 27.4 Å². The van der Waals surface area contributed by atoms with Crippen molar-refractivity contribution in [2.75, 3.05) is 26.6 Å². The molecule has 1 amide bonds. The summed E-state index contributed by atoms with van der Waals surface area (Å²) in [4.78, 5) is 13.1. The van der Waals surface area contributed by atoms with Gasteiger partial charge in [0.2, 0.25) is 0 Å². The van der Waals surface area contributed by atoms with E-state index in [-0.39, 0.29) is 10.8 Å². The average molecular weight is 557 g/mol. The molecule has 0 aliphatic rings. The van der Waals surface area contributed by atoms with Gasteiger partial charge >= 0.3 is 0 Å². The van der Waals surface area contributed by atoms with Crippen LogP contribution < -0.4 is 19.5 Å². The van der Waals surface area contributed by atoms with Crippen LogP contribution in [-0.2, 0) is 10.0 Å². The highest BCUT2D eigenvalue weighted by Crippen LogP contribution is 2.42. The van der Waals surface area contributed by atoms with Gasteiger partial charge in [0.1, 0.15) is 5.75 Å². The molecule has 0 radical (unpaired) electrons. The van der Waals surface area contributed by atoms with Crippen molar-refractivity contribution >= 4 is 32.5 Å². The molecule has 1 N–H and O–H groups in total. The monoisotopic (exact) mass is 556 g/mol. The molecule has 1 aromatic heterocycles. The first-order chi connectivity index (χ1) is 19.3. The first-order valence-corrected chi connectivity index (χ1v) is 13.9.